The zero-order chi connectivity index (χ0) is 13.8. The predicted octanol–water partition coefficient (Wildman–Crippen LogP) is 2.82. The number of aryl methyl sites for hydroxylation is 2. The van der Waals surface area contributed by atoms with E-state index in [1.54, 1.807) is 19.2 Å². The normalized spacial score (nSPS) is 10.9. The number of hydrogen-bond acceptors (Lipinski definition) is 3. The summed E-state index contributed by atoms with van der Waals surface area (Å²) in [7, 11) is 1.62. The van der Waals surface area contributed by atoms with Crippen LogP contribution in [-0.4, -0.2) is 18.1 Å². The topological polar surface area (TPSA) is 55.1 Å². The lowest BCUT2D eigenvalue weighted by atomic mass is 10.1. The van der Waals surface area contributed by atoms with Crippen molar-refractivity contribution in [3.05, 3.63) is 52.4 Å². The third-order valence-electron chi connectivity index (χ3n) is 2.93. The number of nitrogens with zero attached hydrogens (tertiary/aromatic N) is 1. The molecule has 0 fully saturated rings. The molecule has 0 spiro atoms. The highest BCUT2D eigenvalue weighted by Gasteiger charge is 2.05. The smallest absolute Gasteiger partial charge is 0.251 e. The fourth-order valence-corrected chi connectivity index (χ4v) is 1.80. The minimum atomic E-state index is -0.0822. The number of amides is 1. The number of benzene rings is 1. The van der Waals surface area contributed by atoms with E-state index >= 15 is 0 Å². The van der Waals surface area contributed by atoms with Crippen LogP contribution in [0.3, 0.4) is 0 Å². The molecule has 0 bridgehead atoms. The average molecular weight is 256 g/mol. The molecule has 0 aliphatic rings. The maximum absolute atomic E-state index is 11.4. The van der Waals surface area contributed by atoms with Crippen LogP contribution in [0.4, 0.5) is 0 Å². The van der Waals surface area contributed by atoms with E-state index < -0.39 is 0 Å². The van der Waals surface area contributed by atoms with Crippen LogP contribution < -0.4 is 5.32 Å². The highest BCUT2D eigenvalue weighted by atomic mass is 16.5. The number of rotatable bonds is 3. The van der Waals surface area contributed by atoms with Crippen LogP contribution in [0.25, 0.3) is 12.2 Å². The van der Waals surface area contributed by atoms with Crippen molar-refractivity contribution in [2.24, 2.45) is 0 Å². The number of aromatic nitrogens is 1. The third-order valence-corrected chi connectivity index (χ3v) is 2.93. The number of carbonyl (C=O) groups is 1. The molecule has 1 aromatic heterocycles. The molecule has 2 rings (SSSR count). The Morgan fingerprint density at radius 2 is 1.89 bits per heavy atom. The van der Waals surface area contributed by atoms with Crippen LogP contribution in [0, 0.1) is 13.8 Å². The van der Waals surface area contributed by atoms with Crippen LogP contribution in [0.2, 0.25) is 0 Å². The third kappa shape index (κ3) is 2.91. The van der Waals surface area contributed by atoms with Crippen LogP contribution in [-0.2, 0) is 0 Å². The van der Waals surface area contributed by atoms with Gasteiger partial charge in [0.1, 0.15) is 5.76 Å². The molecule has 0 saturated carbocycles. The van der Waals surface area contributed by atoms with Crippen LogP contribution >= 0.6 is 0 Å². The Bertz CT molecular complexity index is 590. The molecule has 19 heavy (non-hydrogen) atoms. The van der Waals surface area contributed by atoms with Gasteiger partial charge in [-0.15, -0.1) is 0 Å². The van der Waals surface area contributed by atoms with E-state index in [1.165, 1.54) is 0 Å². The van der Waals surface area contributed by atoms with Gasteiger partial charge in [-0.2, -0.15) is 0 Å². The number of hydrogen-bond donors (Lipinski definition) is 1. The summed E-state index contributed by atoms with van der Waals surface area (Å²) in [5, 5.41) is 6.49. The van der Waals surface area contributed by atoms with Crippen molar-refractivity contribution < 1.29 is 9.32 Å². The Balaban J connectivity index is 2.18. The van der Waals surface area contributed by atoms with E-state index in [-0.39, 0.29) is 5.91 Å². The van der Waals surface area contributed by atoms with Gasteiger partial charge < -0.3 is 9.84 Å². The summed E-state index contributed by atoms with van der Waals surface area (Å²) in [6.07, 6.45) is 3.94. The highest BCUT2D eigenvalue weighted by molar-refractivity contribution is 5.94. The highest BCUT2D eigenvalue weighted by Crippen LogP contribution is 2.16. The average Bonchev–Trinajstić information content (AvgIpc) is 2.75. The van der Waals surface area contributed by atoms with Gasteiger partial charge in [0.25, 0.3) is 5.91 Å². The van der Waals surface area contributed by atoms with Crippen molar-refractivity contribution >= 4 is 18.1 Å². The van der Waals surface area contributed by atoms with Crippen molar-refractivity contribution in [1.29, 1.82) is 0 Å². The van der Waals surface area contributed by atoms with Crippen molar-refractivity contribution in [2.45, 2.75) is 13.8 Å². The molecular formula is C15H16N2O2. The molecule has 0 saturated heterocycles. The molecule has 4 nitrogen and oxygen atoms in total. The largest absolute Gasteiger partial charge is 0.361 e. The summed E-state index contributed by atoms with van der Waals surface area (Å²) < 4.78 is 5.09. The Morgan fingerprint density at radius 3 is 2.42 bits per heavy atom. The summed E-state index contributed by atoms with van der Waals surface area (Å²) >= 11 is 0. The first-order valence-corrected chi connectivity index (χ1v) is 6.05. The Morgan fingerprint density at radius 1 is 1.21 bits per heavy atom. The quantitative estimate of drug-likeness (QED) is 0.918. The van der Waals surface area contributed by atoms with Gasteiger partial charge >= 0.3 is 0 Å². The van der Waals surface area contributed by atoms with Gasteiger partial charge in [-0.3, -0.25) is 4.79 Å². The lowest BCUT2D eigenvalue weighted by Crippen LogP contribution is -2.17. The van der Waals surface area contributed by atoms with Crippen molar-refractivity contribution in [3.8, 4) is 0 Å². The first-order valence-electron chi connectivity index (χ1n) is 6.05. The minimum absolute atomic E-state index is 0.0822. The lowest BCUT2D eigenvalue weighted by Gasteiger charge is -1.99. The maximum Gasteiger partial charge on any atom is 0.251 e. The van der Waals surface area contributed by atoms with Gasteiger partial charge in [0.2, 0.25) is 0 Å². The Kier molecular flexibility index (Phi) is 3.80. The summed E-state index contributed by atoms with van der Waals surface area (Å²) in [4.78, 5) is 11.4. The first kappa shape index (κ1) is 13.1. The molecule has 4 heteroatoms. The molecule has 2 aromatic rings. The van der Waals surface area contributed by atoms with E-state index in [0.29, 0.717) is 5.56 Å². The maximum atomic E-state index is 11.4. The van der Waals surface area contributed by atoms with E-state index in [0.717, 1.165) is 22.6 Å². The van der Waals surface area contributed by atoms with E-state index in [2.05, 4.69) is 10.5 Å². The van der Waals surface area contributed by atoms with Crippen LogP contribution in [0.5, 0.6) is 0 Å². The minimum Gasteiger partial charge on any atom is -0.361 e. The monoisotopic (exact) mass is 256 g/mol. The molecule has 1 heterocycles. The SMILES string of the molecule is CNC(=O)c1ccc(/C=C/c2c(C)noc2C)cc1. The van der Waals surface area contributed by atoms with Crippen molar-refractivity contribution in [3.63, 3.8) is 0 Å². The second-order valence-corrected chi connectivity index (χ2v) is 4.27. The summed E-state index contributed by atoms with van der Waals surface area (Å²) in [5.74, 6) is 0.719. The second-order valence-electron chi connectivity index (χ2n) is 4.27. The Labute approximate surface area is 112 Å². The van der Waals surface area contributed by atoms with Gasteiger partial charge in [0.15, 0.2) is 0 Å². The summed E-state index contributed by atoms with van der Waals surface area (Å²) in [5.41, 5.74) is 3.54. The molecule has 0 aliphatic heterocycles. The fraction of sp³-hybridized carbons (Fsp3) is 0.200. The fourth-order valence-electron chi connectivity index (χ4n) is 1.80. The molecule has 1 amide bonds. The zero-order valence-corrected chi connectivity index (χ0v) is 11.2. The van der Waals surface area contributed by atoms with Gasteiger partial charge in [-0.25, -0.2) is 0 Å². The van der Waals surface area contributed by atoms with E-state index in [4.69, 9.17) is 4.52 Å². The molecule has 98 valence electrons. The van der Waals surface area contributed by atoms with Crippen molar-refractivity contribution in [2.75, 3.05) is 7.05 Å². The molecule has 0 aliphatic carbocycles. The molecule has 0 radical (unpaired) electrons. The molecule has 0 atom stereocenters. The molecule has 0 unspecified atom stereocenters. The zero-order valence-electron chi connectivity index (χ0n) is 11.2. The molecular weight excluding hydrogens is 240 g/mol. The molecule has 1 aromatic carbocycles. The van der Waals surface area contributed by atoms with Gasteiger partial charge in [-0.05, 0) is 37.6 Å². The van der Waals surface area contributed by atoms with Gasteiger partial charge in [0, 0.05) is 18.2 Å². The van der Waals surface area contributed by atoms with Gasteiger partial charge in [0.05, 0.1) is 5.69 Å². The summed E-state index contributed by atoms with van der Waals surface area (Å²) in [6.45, 7) is 3.79. The lowest BCUT2D eigenvalue weighted by molar-refractivity contribution is 0.0963. The second kappa shape index (κ2) is 5.52. The Hall–Kier alpha value is -2.36. The van der Waals surface area contributed by atoms with E-state index in [1.807, 2.05) is 38.1 Å². The number of nitrogens with one attached hydrogen (secondary N) is 1. The standard InChI is InChI=1S/C15H16N2O2/c1-10-14(11(2)19-17-10)9-6-12-4-7-13(8-5-12)15(18)16-3/h4-9H,1-3H3,(H,16,18)/b9-6+. The first-order chi connectivity index (χ1) is 9.11. The number of carbonyl (C=O) groups excluding carboxylic acids is 1. The van der Waals surface area contributed by atoms with Crippen LogP contribution in [0.15, 0.2) is 28.8 Å². The van der Waals surface area contributed by atoms with Crippen LogP contribution in [0.1, 0.15) is 32.9 Å². The van der Waals surface area contributed by atoms with Gasteiger partial charge in [-0.1, -0.05) is 23.4 Å². The predicted molar refractivity (Wildman–Crippen MR) is 74.7 cm³/mol. The van der Waals surface area contributed by atoms with Crippen molar-refractivity contribution in [1.82, 2.24) is 10.5 Å². The molecule has 1 N–H and O–H groups in total. The summed E-state index contributed by atoms with van der Waals surface area (Å²) in [6, 6.07) is 7.40. The van der Waals surface area contributed by atoms with E-state index in [9.17, 15) is 4.79 Å².